The molecule has 0 spiro atoms. The van der Waals surface area contributed by atoms with E-state index < -0.39 is 0 Å². The van der Waals surface area contributed by atoms with Crippen LogP contribution in [-0.4, -0.2) is 9.97 Å². The molecule has 0 saturated carbocycles. The lowest BCUT2D eigenvalue weighted by molar-refractivity contribution is 1.29. The summed E-state index contributed by atoms with van der Waals surface area (Å²) in [6.07, 6.45) is 3.28. The first-order chi connectivity index (χ1) is 5.79. The fourth-order valence-electron chi connectivity index (χ4n) is 1.03. The summed E-state index contributed by atoms with van der Waals surface area (Å²) in [5.74, 6) is 0. The highest BCUT2D eigenvalue weighted by atomic mass is 79.9. The van der Waals surface area contributed by atoms with Crippen LogP contribution >= 0.6 is 15.9 Å². The van der Waals surface area contributed by atoms with Crippen molar-refractivity contribution < 1.29 is 0 Å². The number of nitrogens with two attached hydrogens (primary N) is 1. The molecule has 2 N–H and O–H groups in total. The number of nitrogens with zero attached hydrogens (tertiary/aromatic N) is 2. The van der Waals surface area contributed by atoms with Gasteiger partial charge in [-0.1, -0.05) is 0 Å². The van der Waals surface area contributed by atoms with Gasteiger partial charge in [0.1, 0.15) is 5.52 Å². The topological polar surface area (TPSA) is 51.8 Å². The third kappa shape index (κ3) is 1.04. The maximum atomic E-state index is 5.77. The van der Waals surface area contributed by atoms with Crippen molar-refractivity contribution in [1.82, 2.24) is 9.97 Å². The van der Waals surface area contributed by atoms with E-state index in [9.17, 15) is 0 Å². The summed E-state index contributed by atoms with van der Waals surface area (Å²) in [7, 11) is 0. The van der Waals surface area contributed by atoms with Gasteiger partial charge in [-0.3, -0.25) is 9.97 Å². The normalized spacial score (nSPS) is 10.4. The van der Waals surface area contributed by atoms with Crippen LogP contribution in [-0.2, 0) is 0 Å². The fraction of sp³-hybridized carbons (Fsp3) is 0. The summed E-state index contributed by atoms with van der Waals surface area (Å²) in [6.45, 7) is 0. The Morgan fingerprint density at radius 3 is 2.75 bits per heavy atom. The number of nitrogen functional groups attached to an aromatic ring is 1. The van der Waals surface area contributed by atoms with Crippen molar-refractivity contribution >= 4 is 32.7 Å². The van der Waals surface area contributed by atoms with Gasteiger partial charge in [0.2, 0.25) is 0 Å². The maximum Gasteiger partial charge on any atom is 0.113 e. The van der Waals surface area contributed by atoms with E-state index >= 15 is 0 Å². The number of rotatable bonds is 0. The summed E-state index contributed by atoms with van der Waals surface area (Å²) in [6, 6.07) is 3.75. The summed E-state index contributed by atoms with van der Waals surface area (Å²) in [5, 5.41) is 0. The lowest BCUT2D eigenvalue weighted by Crippen LogP contribution is -1.91. The molecule has 1 aromatic carbocycles. The van der Waals surface area contributed by atoms with E-state index in [1.165, 1.54) is 0 Å². The van der Waals surface area contributed by atoms with Gasteiger partial charge in [0.25, 0.3) is 0 Å². The van der Waals surface area contributed by atoms with Crippen molar-refractivity contribution in [2.24, 2.45) is 0 Å². The van der Waals surface area contributed by atoms with E-state index in [1.54, 1.807) is 12.4 Å². The van der Waals surface area contributed by atoms with Crippen molar-refractivity contribution in [1.29, 1.82) is 0 Å². The fourth-order valence-corrected chi connectivity index (χ4v) is 1.35. The molecule has 0 bridgehead atoms. The third-order valence-electron chi connectivity index (χ3n) is 1.63. The molecule has 2 rings (SSSR count). The first kappa shape index (κ1) is 7.49. The first-order valence-corrected chi connectivity index (χ1v) is 4.23. The number of fused-ring (bicyclic) bond motifs is 1. The lowest BCUT2D eigenvalue weighted by atomic mass is 10.2. The standard InChI is InChI=1S/C8H6BrN3/c9-5-1-2-6-8(7(5)10)12-4-3-11-6/h1-4H,10H2. The summed E-state index contributed by atoms with van der Waals surface area (Å²) >= 11 is 3.32. The molecule has 0 fully saturated rings. The molecule has 60 valence electrons. The Morgan fingerprint density at radius 1 is 1.17 bits per heavy atom. The SMILES string of the molecule is Nc1c(Br)ccc2nccnc12. The molecule has 0 radical (unpaired) electrons. The summed E-state index contributed by atoms with van der Waals surface area (Å²) < 4.78 is 0.857. The van der Waals surface area contributed by atoms with E-state index in [0.29, 0.717) is 5.69 Å². The molecule has 0 saturated heterocycles. The zero-order chi connectivity index (χ0) is 8.55. The van der Waals surface area contributed by atoms with Gasteiger partial charge in [0, 0.05) is 16.9 Å². The highest BCUT2D eigenvalue weighted by molar-refractivity contribution is 9.10. The van der Waals surface area contributed by atoms with Crippen LogP contribution in [0.1, 0.15) is 0 Å². The quantitative estimate of drug-likeness (QED) is 0.696. The summed E-state index contributed by atoms with van der Waals surface area (Å²) in [4.78, 5) is 8.24. The minimum absolute atomic E-state index is 0.639. The molecular weight excluding hydrogens is 218 g/mol. The predicted molar refractivity (Wildman–Crippen MR) is 51.7 cm³/mol. The average molecular weight is 224 g/mol. The second-order valence-corrected chi connectivity index (χ2v) is 3.24. The van der Waals surface area contributed by atoms with Gasteiger partial charge in [-0.15, -0.1) is 0 Å². The second-order valence-electron chi connectivity index (χ2n) is 2.39. The van der Waals surface area contributed by atoms with Crippen LogP contribution in [0.3, 0.4) is 0 Å². The number of halogens is 1. The Hall–Kier alpha value is -1.16. The minimum Gasteiger partial charge on any atom is -0.396 e. The molecule has 1 aromatic heterocycles. The highest BCUT2D eigenvalue weighted by Gasteiger charge is 2.02. The van der Waals surface area contributed by atoms with Crippen LogP contribution in [0.4, 0.5) is 5.69 Å². The van der Waals surface area contributed by atoms with Crippen LogP contribution in [0, 0.1) is 0 Å². The van der Waals surface area contributed by atoms with E-state index in [1.807, 2.05) is 12.1 Å². The van der Waals surface area contributed by atoms with Crippen molar-refractivity contribution in [3.05, 3.63) is 29.0 Å². The van der Waals surface area contributed by atoms with Gasteiger partial charge in [0.05, 0.1) is 11.2 Å². The van der Waals surface area contributed by atoms with E-state index in [-0.39, 0.29) is 0 Å². The first-order valence-electron chi connectivity index (χ1n) is 3.44. The Kier molecular flexibility index (Phi) is 1.69. The van der Waals surface area contributed by atoms with E-state index in [4.69, 9.17) is 5.73 Å². The smallest absolute Gasteiger partial charge is 0.113 e. The molecule has 0 unspecified atom stereocenters. The molecule has 0 aliphatic rings. The van der Waals surface area contributed by atoms with Crippen LogP contribution in [0.15, 0.2) is 29.0 Å². The predicted octanol–water partition coefficient (Wildman–Crippen LogP) is 1.97. The molecular formula is C8H6BrN3. The monoisotopic (exact) mass is 223 g/mol. The molecule has 12 heavy (non-hydrogen) atoms. The number of aromatic nitrogens is 2. The van der Waals surface area contributed by atoms with Crippen LogP contribution in [0.2, 0.25) is 0 Å². The molecule has 3 nitrogen and oxygen atoms in total. The second kappa shape index (κ2) is 2.71. The molecule has 2 aromatic rings. The Labute approximate surface area is 77.8 Å². The van der Waals surface area contributed by atoms with Crippen LogP contribution in [0.5, 0.6) is 0 Å². The number of hydrogen-bond donors (Lipinski definition) is 1. The lowest BCUT2D eigenvalue weighted by Gasteiger charge is -2.00. The van der Waals surface area contributed by atoms with Crippen molar-refractivity contribution in [3.63, 3.8) is 0 Å². The largest absolute Gasteiger partial charge is 0.396 e. The van der Waals surface area contributed by atoms with Crippen LogP contribution < -0.4 is 5.73 Å². The maximum absolute atomic E-state index is 5.77. The zero-order valence-corrected chi connectivity index (χ0v) is 7.75. The third-order valence-corrected chi connectivity index (χ3v) is 2.32. The Bertz CT molecular complexity index is 428. The van der Waals surface area contributed by atoms with Gasteiger partial charge in [-0.05, 0) is 28.1 Å². The summed E-state index contributed by atoms with van der Waals surface area (Å²) in [5.41, 5.74) is 7.97. The number of hydrogen-bond acceptors (Lipinski definition) is 3. The Balaban J connectivity index is 2.91. The number of benzene rings is 1. The van der Waals surface area contributed by atoms with Gasteiger partial charge in [-0.25, -0.2) is 0 Å². The molecule has 0 atom stereocenters. The van der Waals surface area contributed by atoms with Gasteiger partial charge in [0.15, 0.2) is 0 Å². The molecule has 1 heterocycles. The molecule has 4 heteroatoms. The van der Waals surface area contributed by atoms with E-state index in [0.717, 1.165) is 15.5 Å². The molecule has 0 amide bonds. The minimum atomic E-state index is 0.639. The van der Waals surface area contributed by atoms with Crippen molar-refractivity contribution in [2.75, 3.05) is 5.73 Å². The molecule has 0 aliphatic carbocycles. The zero-order valence-electron chi connectivity index (χ0n) is 6.16. The highest BCUT2D eigenvalue weighted by Crippen LogP contribution is 2.25. The Morgan fingerprint density at radius 2 is 1.92 bits per heavy atom. The van der Waals surface area contributed by atoms with Gasteiger partial charge < -0.3 is 5.73 Å². The average Bonchev–Trinajstić information content (AvgIpc) is 2.12. The van der Waals surface area contributed by atoms with Crippen LogP contribution in [0.25, 0.3) is 11.0 Å². The van der Waals surface area contributed by atoms with Gasteiger partial charge >= 0.3 is 0 Å². The van der Waals surface area contributed by atoms with Gasteiger partial charge in [-0.2, -0.15) is 0 Å². The van der Waals surface area contributed by atoms with E-state index in [2.05, 4.69) is 25.9 Å². The molecule has 0 aliphatic heterocycles. The number of anilines is 1. The van der Waals surface area contributed by atoms with Crippen molar-refractivity contribution in [2.45, 2.75) is 0 Å². The van der Waals surface area contributed by atoms with Crippen molar-refractivity contribution in [3.8, 4) is 0 Å².